The van der Waals surface area contributed by atoms with Crippen LogP contribution < -0.4 is 9.04 Å². The normalized spacial score (nSPS) is 12.1. The van der Waals surface area contributed by atoms with E-state index in [0.29, 0.717) is 5.56 Å². The van der Waals surface area contributed by atoms with Crippen LogP contribution in [0.25, 0.3) is 0 Å². The Hall–Kier alpha value is -2.75. The Morgan fingerprint density at radius 2 is 1.73 bits per heavy atom. The van der Waals surface area contributed by atoms with Crippen molar-refractivity contribution < 1.29 is 36.2 Å². The predicted molar refractivity (Wildman–Crippen MR) is 106 cm³/mol. The molecule has 0 aliphatic carbocycles. The Labute approximate surface area is 172 Å². The Morgan fingerprint density at radius 3 is 2.20 bits per heavy atom. The molecule has 2 rings (SSSR count). The average Bonchev–Trinajstić information content (AvgIpc) is 2.66. The second-order valence-corrected chi connectivity index (χ2v) is 8.90. The van der Waals surface area contributed by atoms with Crippen LogP contribution in [0.3, 0.4) is 0 Å². The highest BCUT2D eigenvalue weighted by Gasteiger charge is 2.33. The summed E-state index contributed by atoms with van der Waals surface area (Å²) >= 11 is 0. The minimum Gasteiger partial charge on any atom is -0.487 e. The predicted octanol–water partition coefficient (Wildman–Crippen LogP) is 4.55. The smallest absolute Gasteiger partial charge is 0.416 e. The monoisotopic (exact) mass is 445 g/mol. The SMILES string of the molecule is CCS(=O)(=O)N(c1ccc(C(F)(F)F)cc1OCc1ccc(C(=O)O)cc1)C(C)C. The summed E-state index contributed by atoms with van der Waals surface area (Å²) in [6, 6.07) is 7.74. The number of benzene rings is 2. The Kier molecular flexibility index (Phi) is 7.02. The van der Waals surface area contributed by atoms with Crippen LogP contribution in [0.1, 0.15) is 42.3 Å². The van der Waals surface area contributed by atoms with E-state index in [1.165, 1.54) is 31.2 Å². The van der Waals surface area contributed by atoms with Crippen LogP contribution in [0, 0.1) is 0 Å². The maximum atomic E-state index is 13.2. The zero-order valence-corrected chi connectivity index (χ0v) is 17.4. The van der Waals surface area contributed by atoms with Crippen molar-refractivity contribution in [2.45, 2.75) is 39.6 Å². The molecule has 0 spiro atoms. The summed E-state index contributed by atoms with van der Waals surface area (Å²) in [6.07, 6.45) is -4.63. The van der Waals surface area contributed by atoms with Gasteiger partial charge in [-0.25, -0.2) is 13.2 Å². The molecule has 6 nitrogen and oxygen atoms in total. The van der Waals surface area contributed by atoms with E-state index < -0.39 is 33.8 Å². The first-order valence-corrected chi connectivity index (χ1v) is 10.7. The highest BCUT2D eigenvalue weighted by atomic mass is 32.2. The van der Waals surface area contributed by atoms with Gasteiger partial charge in [-0.1, -0.05) is 12.1 Å². The summed E-state index contributed by atoms with van der Waals surface area (Å²) < 4.78 is 71.3. The summed E-state index contributed by atoms with van der Waals surface area (Å²) in [5, 5.41) is 8.94. The summed E-state index contributed by atoms with van der Waals surface area (Å²) in [6.45, 7) is 4.49. The minimum absolute atomic E-state index is 0.00186. The van der Waals surface area contributed by atoms with E-state index >= 15 is 0 Å². The van der Waals surface area contributed by atoms with Crippen LogP contribution in [0.4, 0.5) is 18.9 Å². The summed E-state index contributed by atoms with van der Waals surface area (Å²) in [5.41, 5.74) is -0.404. The average molecular weight is 445 g/mol. The third kappa shape index (κ3) is 5.44. The molecule has 0 aromatic heterocycles. The lowest BCUT2D eigenvalue weighted by Gasteiger charge is -2.29. The van der Waals surface area contributed by atoms with Crippen molar-refractivity contribution in [1.29, 1.82) is 0 Å². The lowest BCUT2D eigenvalue weighted by Crippen LogP contribution is -2.38. The topological polar surface area (TPSA) is 83.9 Å². The van der Waals surface area contributed by atoms with Crippen molar-refractivity contribution in [3.05, 3.63) is 59.2 Å². The number of alkyl halides is 3. The van der Waals surface area contributed by atoms with E-state index in [9.17, 15) is 26.4 Å². The van der Waals surface area contributed by atoms with Crippen molar-refractivity contribution in [2.75, 3.05) is 10.1 Å². The van der Waals surface area contributed by atoms with Gasteiger partial charge < -0.3 is 9.84 Å². The maximum absolute atomic E-state index is 13.2. The molecular weight excluding hydrogens is 423 g/mol. The molecule has 0 saturated carbocycles. The number of rotatable bonds is 8. The highest BCUT2D eigenvalue weighted by Crippen LogP contribution is 2.38. The van der Waals surface area contributed by atoms with Gasteiger partial charge in [-0.2, -0.15) is 13.2 Å². The standard InChI is InChI=1S/C20H22F3NO5S/c1-4-30(27,28)24(13(2)3)17-10-9-16(20(21,22)23)11-18(17)29-12-14-5-7-15(8-6-14)19(25)26/h5-11,13H,4,12H2,1-3H3,(H,25,26). The van der Waals surface area contributed by atoms with E-state index in [4.69, 9.17) is 9.84 Å². The molecule has 1 N–H and O–H groups in total. The van der Waals surface area contributed by atoms with Crippen molar-refractivity contribution >= 4 is 21.7 Å². The number of halogens is 3. The molecule has 0 bridgehead atoms. The molecule has 0 aliphatic heterocycles. The van der Waals surface area contributed by atoms with Gasteiger partial charge in [-0.15, -0.1) is 0 Å². The fourth-order valence-corrected chi connectivity index (χ4v) is 4.15. The summed E-state index contributed by atoms with van der Waals surface area (Å²) in [7, 11) is -3.77. The number of anilines is 1. The summed E-state index contributed by atoms with van der Waals surface area (Å²) in [5.74, 6) is -1.58. The van der Waals surface area contributed by atoms with E-state index in [0.717, 1.165) is 22.5 Å². The molecule has 10 heteroatoms. The fourth-order valence-electron chi connectivity index (χ4n) is 2.78. The van der Waals surface area contributed by atoms with Gasteiger partial charge in [0, 0.05) is 6.04 Å². The fraction of sp³-hybridized carbons (Fsp3) is 0.350. The van der Waals surface area contributed by atoms with Crippen LogP contribution in [-0.2, 0) is 22.8 Å². The molecule has 2 aromatic carbocycles. The van der Waals surface area contributed by atoms with Gasteiger partial charge in [0.05, 0.1) is 22.6 Å². The van der Waals surface area contributed by atoms with Crippen LogP contribution >= 0.6 is 0 Å². The first-order chi connectivity index (χ1) is 13.9. The Bertz CT molecular complexity index is 1000. The molecule has 30 heavy (non-hydrogen) atoms. The van der Waals surface area contributed by atoms with Gasteiger partial charge in [-0.3, -0.25) is 4.31 Å². The number of carboxylic acid groups (broad SMARTS) is 1. The number of nitrogens with zero attached hydrogens (tertiary/aromatic N) is 1. The molecular formula is C20H22F3NO5S. The maximum Gasteiger partial charge on any atom is 0.416 e. The van der Waals surface area contributed by atoms with Crippen molar-refractivity contribution in [3.63, 3.8) is 0 Å². The molecule has 0 fully saturated rings. The molecule has 0 aliphatic rings. The third-order valence-corrected chi connectivity index (χ3v) is 6.20. The molecule has 0 atom stereocenters. The lowest BCUT2D eigenvalue weighted by atomic mass is 10.1. The van der Waals surface area contributed by atoms with Crippen LogP contribution in [0.2, 0.25) is 0 Å². The van der Waals surface area contributed by atoms with Crippen molar-refractivity contribution in [3.8, 4) is 5.75 Å². The largest absolute Gasteiger partial charge is 0.487 e. The third-order valence-electron chi connectivity index (χ3n) is 4.25. The van der Waals surface area contributed by atoms with Gasteiger partial charge in [0.25, 0.3) is 0 Å². The first kappa shape index (κ1) is 23.5. The molecule has 164 valence electrons. The minimum atomic E-state index is -4.63. The van der Waals surface area contributed by atoms with E-state index in [1.54, 1.807) is 13.8 Å². The number of hydrogen-bond donors (Lipinski definition) is 1. The Balaban J connectivity index is 2.47. The molecule has 0 saturated heterocycles. The van der Waals surface area contributed by atoms with Gasteiger partial charge in [0.2, 0.25) is 10.0 Å². The van der Waals surface area contributed by atoms with Gasteiger partial charge in [0.1, 0.15) is 12.4 Å². The Morgan fingerprint density at radius 1 is 1.13 bits per heavy atom. The molecule has 2 aromatic rings. The zero-order valence-electron chi connectivity index (χ0n) is 16.6. The van der Waals surface area contributed by atoms with Crippen LogP contribution in [-0.4, -0.2) is 31.3 Å². The number of carbonyl (C=O) groups is 1. The van der Waals surface area contributed by atoms with Crippen molar-refractivity contribution in [2.24, 2.45) is 0 Å². The van der Waals surface area contributed by atoms with Gasteiger partial charge >= 0.3 is 12.1 Å². The summed E-state index contributed by atoms with van der Waals surface area (Å²) in [4.78, 5) is 10.9. The number of aromatic carboxylic acids is 1. The zero-order chi connectivity index (χ0) is 22.7. The number of ether oxygens (including phenoxy) is 1. The number of sulfonamides is 1. The number of carboxylic acids is 1. The van der Waals surface area contributed by atoms with Gasteiger partial charge in [0.15, 0.2) is 0 Å². The molecule has 0 unspecified atom stereocenters. The van der Waals surface area contributed by atoms with Gasteiger partial charge in [-0.05, 0) is 56.7 Å². The first-order valence-electron chi connectivity index (χ1n) is 9.05. The van der Waals surface area contributed by atoms with E-state index in [2.05, 4.69) is 0 Å². The quantitative estimate of drug-likeness (QED) is 0.645. The van der Waals surface area contributed by atoms with E-state index in [1.807, 2.05) is 0 Å². The lowest BCUT2D eigenvalue weighted by molar-refractivity contribution is -0.137. The highest BCUT2D eigenvalue weighted by molar-refractivity contribution is 7.92. The second-order valence-electron chi connectivity index (χ2n) is 6.76. The second kappa shape index (κ2) is 8.95. The van der Waals surface area contributed by atoms with Crippen LogP contribution in [0.15, 0.2) is 42.5 Å². The van der Waals surface area contributed by atoms with Crippen LogP contribution in [0.5, 0.6) is 5.75 Å². The molecule has 0 amide bonds. The molecule has 0 heterocycles. The van der Waals surface area contributed by atoms with E-state index in [-0.39, 0.29) is 29.4 Å². The molecule has 0 radical (unpaired) electrons. The number of hydrogen-bond acceptors (Lipinski definition) is 4. The van der Waals surface area contributed by atoms with Crippen molar-refractivity contribution in [1.82, 2.24) is 0 Å².